The van der Waals surface area contributed by atoms with Crippen molar-refractivity contribution in [1.29, 1.82) is 0 Å². The maximum atomic E-state index is 12.7. The highest BCUT2D eigenvalue weighted by Gasteiger charge is 2.49. The van der Waals surface area contributed by atoms with Crippen LogP contribution in [0.1, 0.15) is 17.5 Å². The number of rotatable bonds is 4. The van der Waals surface area contributed by atoms with Crippen LogP contribution in [0, 0.1) is 0 Å². The van der Waals surface area contributed by atoms with Gasteiger partial charge < -0.3 is 14.7 Å². The first-order valence-corrected chi connectivity index (χ1v) is 12.1. The molecule has 7 nitrogen and oxygen atoms in total. The van der Waals surface area contributed by atoms with Crippen molar-refractivity contribution in [1.82, 2.24) is 4.90 Å². The van der Waals surface area contributed by atoms with Gasteiger partial charge in [0.05, 0.1) is 23.4 Å². The van der Waals surface area contributed by atoms with E-state index in [4.69, 9.17) is 4.74 Å². The van der Waals surface area contributed by atoms with Crippen molar-refractivity contribution in [2.24, 2.45) is 0 Å². The van der Waals surface area contributed by atoms with Crippen molar-refractivity contribution in [2.75, 3.05) is 11.4 Å². The standard InChI is InChI=1S/C27H20N2O5S/c30-22-7-4-8-23-19(22)14-28(13-16-5-2-1-3-6-16)20-12-17(9-10-24(20)34-23)11-18-25(31)29-21(27(32)33)15-35-26(18)29/h1-6,8-12,15,26H,7,13-14H2,(H,32,33). The number of allylic oxidation sites excluding steroid dienone is 2. The summed E-state index contributed by atoms with van der Waals surface area (Å²) in [4.78, 5) is 40.2. The lowest BCUT2D eigenvalue weighted by molar-refractivity contribution is -0.141. The van der Waals surface area contributed by atoms with E-state index in [0.717, 1.165) is 16.8 Å². The van der Waals surface area contributed by atoms with Gasteiger partial charge in [0.25, 0.3) is 5.91 Å². The van der Waals surface area contributed by atoms with Gasteiger partial charge in [0, 0.05) is 18.4 Å². The van der Waals surface area contributed by atoms with Crippen LogP contribution in [-0.4, -0.2) is 39.6 Å². The SMILES string of the molecule is O=C(O)C1=CSC2C(=Cc3ccc4c(c3)N(Cc3ccccc3)CC3=C(C=CCC3=O)O4)C(=O)N12. The first kappa shape index (κ1) is 21.5. The van der Waals surface area contributed by atoms with E-state index in [1.165, 1.54) is 22.1 Å². The topological polar surface area (TPSA) is 87.1 Å². The molecule has 2 aromatic carbocycles. The molecule has 174 valence electrons. The lowest BCUT2D eigenvalue weighted by atomic mass is 10.0. The predicted molar refractivity (Wildman–Crippen MR) is 132 cm³/mol. The highest BCUT2D eigenvalue weighted by Crippen LogP contribution is 2.45. The maximum absolute atomic E-state index is 12.7. The van der Waals surface area contributed by atoms with Gasteiger partial charge in [0.2, 0.25) is 0 Å². The molecule has 3 aliphatic heterocycles. The minimum Gasteiger partial charge on any atom is -0.477 e. The third-order valence-corrected chi connectivity index (χ3v) is 7.47. The number of carboxylic acid groups (broad SMARTS) is 1. The molecule has 0 aromatic heterocycles. The number of fused-ring (bicyclic) bond motifs is 2. The van der Waals surface area contributed by atoms with E-state index < -0.39 is 5.97 Å². The number of β-lactam (4-membered cyclic amide) rings is 1. The van der Waals surface area contributed by atoms with E-state index in [2.05, 4.69) is 4.90 Å². The average Bonchev–Trinajstić information content (AvgIpc) is 3.19. The van der Waals surface area contributed by atoms with Crippen LogP contribution in [-0.2, 0) is 20.9 Å². The van der Waals surface area contributed by atoms with Crippen molar-refractivity contribution in [3.63, 3.8) is 0 Å². The molecule has 4 aliphatic rings. The zero-order chi connectivity index (χ0) is 24.1. The van der Waals surface area contributed by atoms with E-state index in [9.17, 15) is 19.5 Å². The van der Waals surface area contributed by atoms with Crippen molar-refractivity contribution < 1.29 is 24.2 Å². The number of hydrogen-bond acceptors (Lipinski definition) is 6. The Bertz CT molecular complexity index is 1410. The number of benzene rings is 2. The Morgan fingerprint density at radius 2 is 2.00 bits per heavy atom. The first-order chi connectivity index (χ1) is 17.0. The third-order valence-electron chi connectivity index (χ3n) is 6.39. The molecule has 8 heteroatoms. The van der Waals surface area contributed by atoms with E-state index in [0.29, 0.717) is 42.2 Å². The number of aliphatic carboxylic acids is 1. The van der Waals surface area contributed by atoms with E-state index in [1.807, 2.05) is 60.7 Å². The van der Waals surface area contributed by atoms with Crippen LogP contribution in [0.15, 0.2) is 88.7 Å². The van der Waals surface area contributed by atoms with Gasteiger partial charge in [-0.05, 0) is 35.4 Å². The molecule has 35 heavy (non-hydrogen) atoms. The number of ether oxygens (including phenoxy) is 1. The molecule has 2 aromatic rings. The van der Waals surface area contributed by atoms with E-state index >= 15 is 0 Å². The molecule has 1 aliphatic carbocycles. The second-order valence-corrected chi connectivity index (χ2v) is 9.57. The number of hydrogen-bond donors (Lipinski definition) is 1. The van der Waals surface area contributed by atoms with Crippen molar-refractivity contribution >= 4 is 41.2 Å². The third kappa shape index (κ3) is 3.66. The number of thioether (sulfide) groups is 1. The molecule has 0 bridgehead atoms. The summed E-state index contributed by atoms with van der Waals surface area (Å²) in [7, 11) is 0. The summed E-state index contributed by atoms with van der Waals surface area (Å²) in [6.45, 7) is 1.000. The van der Waals surface area contributed by atoms with Gasteiger partial charge >= 0.3 is 5.97 Å². The maximum Gasteiger partial charge on any atom is 0.353 e. The van der Waals surface area contributed by atoms with Crippen LogP contribution < -0.4 is 9.64 Å². The monoisotopic (exact) mass is 484 g/mol. The molecule has 1 saturated heterocycles. The van der Waals surface area contributed by atoms with Crippen LogP contribution in [0.4, 0.5) is 5.69 Å². The number of Topliss-reactive ketones (excluding diaryl/α,β-unsaturated/α-hetero) is 1. The molecule has 0 spiro atoms. The summed E-state index contributed by atoms with van der Waals surface area (Å²) in [5, 5.41) is 10.5. The van der Waals surface area contributed by atoms with Crippen LogP contribution in [0.5, 0.6) is 5.75 Å². The normalized spacial score (nSPS) is 21.7. The highest BCUT2D eigenvalue weighted by molar-refractivity contribution is 8.03. The molecule has 0 saturated carbocycles. The number of anilines is 1. The Morgan fingerprint density at radius 1 is 1.17 bits per heavy atom. The molecule has 1 atom stereocenters. The number of nitrogens with zero attached hydrogens (tertiary/aromatic N) is 2. The number of carbonyl (C=O) groups excluding carboxylic acids is 2. The quantitative estimate of drug-likeness (QED) is 0.517. The Kier molecular flexibility index (Phi) is 5.11. The van der Waals surface area contributed by atoms with Crippen LogP contribution in [0.2, 0.25) is 0 Å². The largest absolute Gasteiger partial charge is 0.477 e. The van der Waals surface area contributed by atoms with E-state index in [1.54, 1.807) is 6.08 Å². The van der Waals surface area contributed by atoms with Gasteiger partial charge in [-0.3, -0.25) is 14.5 Å². The fourth-order valence-corrected chi connectivity index (χ4v) is 5.76. The minimum atomic E-state index is -1.11. The number of ketones is 1. The molecule has 1 N–H and O–H groups in total. The molecule has 1 fully saturated rings. The summed E-state index contributed by atoms with van der Waals surface area (Å²) >= 11 is 1.31. The minimum absolute atomic E-state index is 0.0147. The fourth-order valence-electron chi connectivity index (χ4n) is 4.64. The second kappa shape index (κ2) is 8.32. The van der Waals surface area contributed by atoms with Gasteiger partial charge in [-0.25, -0.2) is 4.79 Å². The number of carboxylic acids is 1. The zero-order valence-electron chi connectivity index (χ0n) is 18.5. The Morgan fingerprint density at radius 3 is 2.80 bits per heavy atom. The predicted octanol–water partition coefficient (Wildman–Crippen LogP) is 4.09. The smallest absolute Gasteiger partial charge is 0.353 e. The van der Waals surface area contributed by atoms with Crippen molar-refractivity contribution in [3.05, 3.63) is 99.8 Å². The van der Waals surface area contributed by atoms with Crippen LogP contribution >= 0.6 is 11.8 Å². The molecule has 0 radical (unpaired) electrons. The molecular weight excluding hydrogens is 464 g/mol. The average molecular weight is 485 g/mol. The fraction of sp³-hybridized carbons (Fsp3) is 0.148. The van der Waals surface area contributed by atoms with Gasteiger partial charge in [-0.2, -0.15) is 0 Å². The van der Waals surface area contributed by atoms with E-state index in [-0.39, 0.29) is 22.8 Å². The molecule has 6 rings (SSSR count). The van der Waals surface area contributed by atoms with Gasteiger partial charge in [-0.1, -0.05) is 42.5 Å². The van der Waals surface area contributed by atoms with Gasteiger partial charge in [-0.15, -0.1) is 11.8 Å². The Labute approximate surface area is 205 Å². The Hall–Kier alpha value is -4.04. The lowest BCUT2D eigenvalue weighted by Gasteiger charge is -2.37. The molecule has 1 amide bonds. The summed E-state index contributed by atoms with van der Waals surface area (Å²) in [5.74, 6) is -0.140. The molecular formula is C27H20N2O5S. The van der Waals surface area contributed by atoms with Gasteiger partial charge in [0.1, 0.15) is 16.8 Å². The summed E-state index contributed by atoms with van der Waals surface area (Å²) in [6.07, 6.45) is 5.84. The first-order valence-electron chi connectivity index (χ1n) is 11.2. The number of carbonyl (C=O) groups is 3. The summed E-state index contributed by atoms with van der Waals surface area (Å²) in [5.41, 5.74) is 3.96. The summed E-state index contributed by atoms with van der Waals surface area (Å²) < 4.78 is 6.19. The lowest BCUT2D eigenvalue weighted by Crippen LogP contribution is -2.51. The number of amides is 1. The highest BCUT2D eigenvalue weighted by atomic mass is 32.2. The summed E-state index contributed by atoms with van der Waals surface area (Å²) in [6, 6.07) is 15.7. The van der Waals surface area contributed by atoms with Crippen molar-refractivity contribution in [2.45, 2.75) is 18.3 Å². The molecule has 3 heterocycles. The van der Waals surface area contributed by atoms with Crippen molar-refractivity contribution in [3.8, 4) is 5.75 Å². The Balaban J connectivity index is 1.36. The molecule has 1 unspecified atom stereocenters. The second-order valence-electron chi connectivity index (χ2n) is 8.61. The van der Waals surface area contributed by atoms with Gasteiger partial charge in [0.15, 0.2) is 11.5 Å². The van der Waals surface area contributed by atoms with Crippen LogP contribution in [0.25, 0.3) is 6.08 Å². The zero-order valence-corrected chi connectivity index (χ0v) is 19.3. The van der Waals surface area contributed by atoms with Crippen LogP contribution in [0.3, 0.4) is 0 Å².